The molecule has 4 nitrogen and oxygen atoms in total. The van der Waals surface area contributed by atoms with Crippen LogP contribution in [-0.2, 0) is 11.3 Å². The lowest BCUT2D eigenvalue weighted by Crippen LogP contribution is -2.47. The van der Waals surface area contributed by atoms with Crippen LogP contribution in [-0.4, -0.2) is 44.0 Å². The molecule has 1 aromatic rings. The van der Waals surface area contributed by atoms with Gasteiger partial charge in [-0.05, 0) is 52.9 Å². The summed E-state index contributed by atoms with van der Waals surface area (Å²) in [7, 11) is 4.23. The molecule has 0 amide bonds. The number of hydrogen-bond donors (Lipinski definition) is 0. The van der Waals surface area contributed by atoms with Gasteiger partial charge in [0.1, 0.15) is 5.76 Å². The van der Waals surface area contributed by atoms with Crippen molar-refractivity contribution < 1.29 is 9.15 Å². The first-order valence-electron chi connectivity index (χ1n) is 7.23. The minimum absolute atomic E-state index is 0.0784. The Labute approximate surface area is 121 Å². The van der Waals surface area contributed by atoms with Crippen molar-refractivity contribution in [3.63, 3.8) is 0 Å². The Morgan fingerprint density at radius 2 is 2.20 bits per heavy atom. The maximum absolute atomic E-state index is 5.86. The number of rotatable bonds is 5. The van der Waals surface area contributed by atoms with Gasteiger partial charge in [-0.15, -0.1) is 0 Å². The molecule has 1 aliphatic heterocycles. The first-order chi connectivity index (χ1) is 9.41. The summed E-state index contributed by atoms with van der Waals surface area (Å²) in [5, 5.41) is 0. The Kier molecular flexibility index (Phi) is 4.66. The van der Waals surface area contributed by atoms with Crippen molar-refractivity contribution >= 4 is 6.21 Å². The van der Waals surface area contributed by atoms with Crippen molar-refractivity contribution in [2.24, 2.45) is 10.4 Å². The molecule has 1 fully saturated rings. The van der Waals surface area contributed by atoms with Gasteiger partial charge in [-0.25, -0.2) is 0 Å². The van der Waals surface area contributed by atoms with Crippen LogP contribution in [0.2, 0.25) is 0 Å². The zero-order valence-corrected chi connectivity index (χ0v) is 13.1. The molecule has 0 N–H and O–H groups in total. The van der Waals surface area contributed by atoms with Gasteiger partial charge in [-0.3, -0.25) is 4.99 Å². The van der Waals surface area contributed by atoms with E-state index in [1.807, 2.05) is 12.1 Å². The van der Waals surface area contributed by atoms with Gasteiger partial charge in [-0.2, -0.15) is 0 Å². The van der Waals surface area contributed by atoms with Crippen molar-refractivity contribution in [1.29, 1.82) is 0 Å². The normalized spacial score (nSPS) is 26.4. The first kappa shape index (κ1) is 15.3. The van der Waals surface area contributed by atoms with Gasteiger partial charge < -0.3 is 14.1 Å². The summed E-state index contributed by atoms with van der Waals surface area (Å²) < 4.78 is 11.2. The molecular weight excluding hydrogens is 252 g/mol. The molecule has 1 aromatic heterocycles. The predicted octanol–water partition coefficient (Wildman–Crippen LogP) is 2.99. The van der Waals surface area contributed by atoms with E-state index >= 15 is 0 Å². The summed E-state index contributed by atoms with van der Waals surface area (Å²) in [6, 6.07) is 3.86. The molecule has 0 aliphatic carbocycles. The van der Waals surface area contributed by atoms with Crippen molar-refractivity contribution in [3.8, 4) is 0 Å². The standard InChI is InChI=1S/C16H26N2O2/c1-15(2)11-16(7-9-20-15,13-18(3)4)12-17-10-14-6-5-8-19-14/h5-6,8,12H,7,9-11,13H2,1-4H3/t16-/m0/s1. The quantitative estimate of drug-likeness (QED) is 0.777. The largest absolute Gasteiger partial charge is 0.467 e. The molecule has 0 bridgehead atoms. The van der Waals surface area contributed by atoms with Gasteiger partial charge in [0.15, 0.2) is 0 Å². The monoisotopic (exact) mass is 278 g/mol. The molecule has 2 heterocycles. The van der Waals surface area contributed by atoms with Gasteiger partial charge in [0, 0.05) is 24.8 Å². The van der Waals surface area contributed by atoms with Crippen LogP contribution in [0.3, 0.4) is 0 Å². The van der Waals surface area contributed by atoms with Crippen LogP contribution in [0.5, 0.6) is 0 Å². The predicted molar refractivity (Wildman–Crippen MR) is 81.2 cm³/mol. The van der Waals surface area contributed by atoms with Crippen molar-refractivity contribution in [2.45, 2.75) is 38.8 Å². The lowest BCUT2D eigenvalue weighted by molar-refractivity contribution is -0.0887. The number of furan rings is 1. The fourth-order valence-corrected chi connectivity index (χ4v) is 3.17. The molecule has 0 radical (unpaired) electrons. The van der Waals surface area contributed by atoms with E-state index in [0.29, 0.717) is 6.54 Å². The third-order valence-electron chi connectivity index (χ3n) is 3.69. The third kappa shape index (κ3) is 4.18. The molecule has 2 rings (SSSR count). The summed E-state index contributed by atoms with van der Waals surface area (Å²) in [5.74, 6) is 0.910. The Bertz CT molecular complexity index is 437. The average molecular weight is 278 g/mol. The maximum atomic E-state index is 5.86. The summed E-state index contributed by atoms with van der Waals surface area (Å²) >= 11 is 0. The zero-order valence-electron chi connectivity index (χ0n) is 13.1. The second kappa shape index (κ2) is 6.10. The summed E-state index contributed by atoms with van der Waals surface area (Å²) in [5.41, 5.74) is 0.0167. The molecule has 0 unspecified atom stereocenters. The number of nitrogens with zero attached hydrogens (tertiary/aromatic N) is 2. The molecule has 1 aliphatic rings. The highest BCUT2D eigenvalue weighted by atomic mass is 16.5. The highest BCUT2D eigenvalue weighted by molar-refractivity contribution is 5.66. The van der Waals surface area contributed by atoms with Crippen LogP contribution in [0.4, 0.5) is 0 Å². The van der Waals surface area contributed by atoms with E-state index in [9.17, 15) is 0 Å². The van der Waals surface area contributed by atoms with E-state index in [1.54, 1.807) is 6.26 Å². The lowest BCUT2D eigenvalue weighted by Gasteiger charge is -2.44. The van der Waals surface area contributed by atoms with Gasteiger partial charge >= 0.3 is 0 Å². The number of aliphatic imine (C=N–C) groups is 1. The van der Waals surface area contributed by atoms with E-state index in [2.05, 4.69) is 44.0 Å². The Hall–Kier alpha value is -1.13. The molecule has 20 heavy (non-hydrogen) atoms. The van der Waals surface area contributed by atoms with Gasteiger partial charge in [-0.1, -0.05) is 0 Å². The van der Waals surface area contributed by atoms with E-state index in [0.717, 1.165) is 31.8 Å². The molecule has 0 aromatic carbocycles. The molecule has 0 spiro atoms. The van der Waals surface area contributed by atoms with Gasteiger partial charge in [0.2, 0.25) is 0 Å². The van der Waals surface area contributed by atoms with Crippen LogP contribution in [0.15, 0.2) is 27.8 Å². The van der Waals surface area contributed by atoms with Crippen LogP contribution in [0, 0.1) is 5.41 Å². The molecule has 112 valence electrons. The van der Waals surface area contributed by atoms with Crippen molar-refractivity contribution in [1.82, 2.24) is 4.90 Å². The van der Waals surface area contributed by atoms with Crippen LogP contribution >= 0.6 is 0 Å². The topological polar surface area (TPSA) is 38.0 Å². The number of ether oxygens (including phenoxy) is 1. The second-order valence-corrected chi connectivity index (χ2v) is 6.68. The fourth-order valence-electron chi connectivity index (χ4n) is 3.17. The summed E-state index contributed by atoms with van der Waals surface area (Å²) in [6.07, 6.45) is 5.86. The average Bonchev–Trinajstić information content (AvgIpc) is 2.79. The smallest absolute Gasteiger partial charge is 0.125 e. The highest BCUT2D eigenvalue weighted by Gasteiger charge is 2.40. The molecule has 1 atom stereocenters. The van der Waals surface area contributed by atoms with Crippen molar-refractivity contribution in [2.75, 3.05) is 27.2 Å². The second-order valence-electron chi connectivity index (χ2n) is 6.68. The number of hydrogen-bond acceptors (Lipinski definition) is 4. The Morgan fingerprint density at radius 3 is 2.80 bits per heavy atom. The SMILES string of the molecule is CN(C)C[C@@]1(C=NCc2ccco2)CCOC(C)(C)C1. The van der Waals surface area contributed by atoms with Crippen LogP contribution in [0.1, 0.15) is 32.4 Å². The molecule has 0 saturated carbocycles. The fraction of sp³-hybridized carbons (Fsp3) is 0.688. The first-order valence-corrected chi connectivity index (χ1v) is 7.23. The van der Waals surface area contributed by atoms with Gasteiger partial charge in [0.05, 0.1) is 18.4 Å². The minimum atomic E-state index is -0.0784. The van der Waals surface area contributed by atoms with E-state index in [4.69, 9.17) is 9.15 Å². The summed E-state index contributed by atoms with van der Waals surface area (Å²) in [6.45, 7) is 6.74. The van der Waals surface area contributed by atoms with Gasteiger partial charge in [0.25, 0.3) is 0 Å². The minimum Gasteiger partial charge on any atom is -0.467 e. The van der Waals surface area contributed by atoms with E-state index in [1.165, 1.54) is 0 Å². The Morgan fingerprint density at radius 1 is 1.40 bits per heavy atom. The maximum Gasteiger partial charge on any atom is 0.125 e. The molecule has 1 saturated heterocycles. The molecule has 4 heteroatoms. The van der Waals surface area contributed by atoms with Crippen molar-refractivity contribution in [3.05, 3.63) is 24.2 Å². The van der Waals surface area contributed by atoms with Crippen LogP contribution in [0.25, 0.3) is 0 Å². The lowest BCUT2D eigenvalue weighted by atomic mass is 9.74. The highest BCUT2D eigenvalue weighted by Crippen LogP contribution is 2.38. The summed E-state index contributed by atoms with van der Waals surface area (Å²) in [4.78, 5) is 6.86. The Balaban J connectivity index is 2.08. The van der Waals surface area contributed by atoms with E-state index in [-0.39, 0.29) is 11.0 Å². The molecular formula is C16H26N2O2. The third-order valence-corrected chi connectivity index (χ3v) is 3.69. The van der Waals surface area contributed by atoms with E-state index < -0.39 is 0 Å². The zero-order chi connectivity index (χ0) is 14.6. The van der Waals surface area contributed by atoms with Crippen LogP contribution < -0.4 is 0 Å².